The lowest BCUT2D eigenvalue weighted by atomic mass is 10.2. The van der Waals surface area contributed by atoms with Crippen molar-refractivity contribution in [3.8, 4) is 0 Å². The summed E-state index contributed by atoms with van der Waals surface area (Å²) in [6.07, 6.45) is 0.638. The zero-order valence-corrected chi connectivity index (χ0v) is 14.0. The number of carbonyl (C=O) groups excluding carboxylic acids is 2. The van der Waals surface area contributed by atoms with Crippen LogP contribution in [0.5, 0.6) is 0 Å². The zero-order chi connectivity index (χ0) is 17.1. The van der Waals surface area contributed by atoms with Gasteiger partial charge < -0.3 is 9.80 Å². The highest BCUT2D eigenvalue weighted by Gasteiger charge is 2.38. The molecule has 0 saturated carbocycles. The van der Waals surface area contributed by atoms with E-state index in [2.05, 4.69) is 4.98 Å². The Kier molecular flexibility index (Phi) is 4.60. The van der Waals surface area contributed by atoms with Gasteiger partial charge in [-0.3, -0.25) is 9.59 Å². The molecule has 0 radical (unpaired) electrons. The van der Waals surface area contributed by atoms with Crippen LogP contribution in [0.4, 0.5) is 5.69 Å². The second-order valence-corrected chi connectivity index (χ2v) is 5.89. The molecule has 2 aromatic rings. The molecule has 24 heavy (non-hydrogen) atoms. The van der Waals surface area contributed by atoms with Gasteiger partial charge in [-0.15, -0.1) is 0 Å². The highest BCUT2D eigenvalue weighted by atomic mass is 16.2. The van der Waals surface area contributed by atoms with Gasteiger partial charge in [-0.2, -0.15) is 0 Å². The highest BCUT2D eigenvalue weighted by Crippen LogP contribution is 2.25. The first-order valence-electron chi connectivity index (χ1n) is 8.23. The summed E-state index contributed by atoms with van der Waals surface area (Å²) in [5.74, 6) is -0.210. The number of pyridine rings is 1. The van der Waals surface area contributed by atoms with E-state index in [-0.39, 0.29) is 11.8 Å². The summed E-state index contributed by atoms with van der Waals surface area (Å²) >= 11 is 0. The van der Waals surface area contributed by atoms with Gasteiger partial charge in [0, 0.05) is 24.5 Å². The minimum absolute atomic E-state index is 0.0240. The monoisotopic (exact) mass is 323 g/mol. The predicted octanol–water partition coefficient (Wildman–Crippen LogP) is 2.66. The predicted molar refractivity (Wildman–Crippen MR) is 92.9 cm³/mol. The van der Waals surface area contributed by atoms with Crippen molar-refractivity contribution in [1.82, 2.24) is 9.88 Å². The SMILES string of the molecule is CCN(C(=O)c1cccc(C)n1)[C@H]1CCN(c2ccccc2)C1=O. The minimum Gasteiger partial charge on any atom is -0.325 e. The van der Waals surface area contributed by atoms with Gasteiger partial charge in [-0.05, 0) is 44.5 Å². The minimum atomic E-state index is -0.426. The second kappa shape index (κ2) is 6.83. The Morgan fingerprint density at radius 1 is 1.21 bits per heavy atom. The smallest absolute Gasteiger partial charge is 0.273 e. The normalized spacial score (nSPS) is 17.2. The Morgan fingerprint density at radius 3 is 2.62 bits per heavy atom. The molecule has 2 amide bonds. The van der Waals surface area contributed by atoms with Crippen molar-refractivity contribution in [2.24, 2.45) is 0 Å². The van der Waals surface area contributed by atoms with Gasteiger partial charge in [-0.25, -0.2) is 4.98 Å². The maximum absolute atomic E-state index is 12.8. The van der Waals surface area contributed by atoms with Crippen molar-refractivity contribution in [2.45, 2.75) is 26.3 Å². The largest absolute Gasteiger partial charge is 0.325 e. The van der Waals surface area contributed by atoms with Gasteiger partial charge in [0.25, 0.3) is 5.91 Å². The van der Waals surface area contributed by atoms with Gasteiger partial charge >= 0.3 is 0 Å². The van der Waals surface area contributed by atoms with E-state index in [9.17, 15) is 9.59 Å². The van der Waals surface area contributed by atoms with Crippen LogP contribution in [0.2, 0.25) is 0 Å². The quantitative estimate of drug-likeness (QED) is 0.869. The number of benzene rings is 1. The number of hydrogen-bond acceptors (Lipinski definition) is 3. The molecule has 3 rings (SSSR count). The average Bonchev–Trinajstić information content (AvgIpc) is 2.98. The summed E-state index contributed by atoms with van der Waals surface area (Å²) in [4.78, 5) is 33.3. The molecule has 0 spiro atoms. The Bertz CT molecular complexity index is 745. The molecule has 0 unspecified atom stereocenters. The molecule has 5 heteroatoms. The van der Waals surface area contributed by atoms with Crippen LogP contribution in [0.1, 0.15) is 29.5 Å². The summed E-state index contributed by atoms with van der Waals surface area (Å²) in [5.41, 5.74) is 2.06. The molecule has 2 heterocycles. The first kappa shape index (κ1) is 16.2. The van der Waals surface area contributed by atoms with Crippen LogP contribution in [-0.2, 0) is 4.79 Å². The molecular formula is C19H21N3O2. The number of rotatable bonds is 4. The van der Waals surface area contributed by atoms with E-state index in [0.717, 1.165) is 11.4 Å². The number of anilines is 1. The Hall–Kier alpha value is -2.69. The van der Waals surface area contributed by atoms with Gasteiger partial charge in [0.05, 0.1) is 0 Å². The highest BCUT2D eigenvalue weighted by molar-refractivity contribution is 6.03. The molecule has 1 aromatic heterocycles. The standard InChI is InChI=1S/C19H21N3O2/c1-3-21(18(23)16-11-7-8-14(2)20-16)17-12-13-22(19(17)24)15-9-5-4-6-10-15/h4-11,17H,3,12-13H2,1-2H3/t17-/m0/s1. The molecule has 1 aliphatic rings. The molecule has 0 N–H and O–H groups in total. The Labute approximate surface area is 141 Å². The average molecular weight is 323 g/mol. The van der Waals surface area contributed by atoms with Crippen LogP contribution in [0.3, 0.4) is 0 Å². The van der Waals surface area contributed by atoms with E-state index in [4.69, 9.17) is 0 Å². The van der Waals surface area contributed by atoms with Crippen molar-refractivity contribution in [3.05, 3.63) is 59.9 Å². The van der Waals surface area contributed by atoms with Crippen LogP contribution >= 0.6 is 0 Å². The van der Waals surface area contributed by atoms with E-state index < -0.39 is 6.04 Å². The molecule has 0 bridgehead atoms. The molecule has 1 aliphatic heterocycles. The zero-order valence-electron chi connectivity index (χ0n) is 14.0. The van der Waals surface area contributed by atoms with Crippen LogP contribution in [-0.4, -0.2) is 40.8 Å². The number of carbonyl (C=O) groups is 2. The third-order valence-corrected chi connectivity index (χ3v) is 4.33. The fourth-order valence-electron chi connectivity index (χ4n) is 3.13. The van der Waals surface area contributed by atoms with Gasteiger partial charge in [0.1, 0.15) is 11.7 Å². The number of likely N-dealkylation sites (N-methyl/N-ethyl adjacent to an activating group) is 1. The summed E-state index contributed by atoms with van der Waals surface area (Å²) in [5, 5.41) is 0. The van der Waals surface area contributed by atoms with E-state index in [1.54, 1.807) is 15.9 Å². The van der Waals surface area contributed by atoms with Crippen molar-refractivity contribution >= 4 is 17.5 Å². The summed E-state index contributed by atoms with van der Waals surface area (Å²) in [7, 11) is 0. The maximum atomic E-state index is 12.8. The Balaban J connectivity index is 1.82. The molecule has 1 atom stereocenters. The third kappa shape index (κ3) is 3.02. The maximum Gasteiger partial charge on any atom is 0.273 e. The van der Waals surface area contributed by atoms with E-state index in [1.165, 1.54) is 0 Å². The number of amides is 2. The fraction of sp³-hybridized carbons (Fsp3) is 0.316. The topological polar surface area (TPSA) is 53.5 Å². The second-order valence-electron chi connectivity index (χ2n) is 5.89. The summed E-state index contributed by atoms with van der Waals surface area (Å²) in [6.45, 7) is 4.85. The van der Waals surface area contributed by atoms with Crippen LogP contribution in [0, 0.1) is 6.92 Å². The number of nitrogens with zero attached hydrogens (tertiary/aromatic N) is 3. The number of aromatic nitrogens is 1. The lowest BCUT2D eigenvalue weighted by Gasteiger charge is -2.26. The van der Waals surface area contributed by atoms with Gasteiger partial charge in [-0.1, -0.05) is 24.3 Å². The first-order chi connectivity index (χ1) is 11.6. The van der Waals surface area contributed by atoms with Crippen LogP contribution in [0.15, 0.2) is 48.5 Å². The molecule has 5 nitrogen and oxygen atoms in total. The van der Waals surface area contributed by atoms with Gasteiger partial charge in [0.15, 0.2) is 0 Å². The van der Waals surface area contributed by atoms with Crippen molar-refractivity contribution in [2.75, 3.05) is 18.0 Å². The van der Waals surface area contributed by atoms with Crippen LogP contribution < -0.4 is 4.90 Å². The lowest BCUT2D eigenvalue weighted by Crippen LogP contribution is -2.45. The first-order valence-corrected chi connectivity index (χ1v) is 8.23. The van der Waals surface area contributed by atoms with Crippen LogP contribution in [0.25, 0.3) is 0 Å². The molecule has 124 valence electrons. The Morgan fingerprint density at radius 2 is 1.96 bits per heavy atom. The van der Waals surface area contributed by atoms with E-state index >= 15 is 0 Å². The number of hydrogen-bond donors (Lipinski definition) is 0. The van der Waals surface area contributed by atoms with E-state index in [1.807, 2.05) is 56.3 Å². The third-order valence-electron chi connectivity index (χ3n) is 4.33. The van der Waals surface area contributed by atoms with Crippen molar-refractivity contribution in [1.29, 1.82) is 0 Å². The van der Waals surface area contributed by atoms with Crippen molar-refractivity contribution in [3.63, 3.8) is 0 Å². The molecule has 1 fully saturated rings. The number of aryl methyl sites for hydroxylation is 1. The number of para-hydroxylation sites is 1. The fourth-order valence-corrected chi connectivity index (χ4v) is 3.13. The molecule has 1 aromatic carbocycles. The molecule has 1 saturated heterocycles. The lowest BCUT2D eigenvalue weighted by molar-refractivity contribution is -0.120. The van der Waals surface area contributed by atoms with E-state index in [0.29, 0.717) is 25.2 Å². The summed E-state index contributed by atoms with van der Waals surface area (Å²) in [6, 6.07) is 14.5. The van der Waals surface area contributed by atoms with Gasteiger partial charge in [0.2, 0.25) is 5.91 Å². The molecular weight excluding hydrogens is 302 g/mol. The molecule has 0 aliphatic carbocycles. The summed E-state index contributed by atoms with van der Waals surface area (Å²) < 4.78 is 0. The van der Waals surface area contributed by atoms with Crippen molar-refractivity contribution < 1.29 is 9.59 Å².